The fourth-order valence-corrected chi connectivity index (χ4v) is 4.63. The van der Waals surface area contributed by atoms with Crippen LogP contribution in [0, 0.1) is 5.92 Å². The fourth-order valence-electron chi connectivity index (χ4n) is 4.63. The molecule has 0 aromatic heterocycles. The Morgan fingerprint density at radius 1 is 0.938 bits per heavy atom. The van der Waals surface area contributed by atoms with Crippen LogP contribution in [0.4, 0.5) is 5.69 Å². The van der Waals surface area contributed by atoms with E-state index in [0.29, 0.717) is 44.2 Å². The van der Waals surface area contributed by atoms with Gasteiger partial charge < -0.3 is 14.7 Å². The van der Waals surface area contributed by atoms with Crippen LogP contribution >= 0.6 is 0 Å². The van der Waals surface area contributed by atoms with Gasteiger partial charge in [0.1, 0.15) is 0 Å². The molecule has 0 aliphatic carbocycles. The van der Waals surface area contributed by atoms with Crippen LogP contribution in [-0.4, -0.2) is 60.2 Å². The van der Waals surface area contributed by atoms with Crippen molar-refractivity contribution in [2.45, 2.75) is 32.6 Å². The number of hydrogen-bond donors (Lipinski definition) is 0. The van der Waals surface area contributed by atoms with Crippen LogP contribution < -0.4 is 4.90 Å². The van der Waals surface area contributed by atoms with Gasteiger partial charge >= 0.3 is 0 Å². The molecule has 0 radical (unpaired) electrons. The summed E-state index contributed by atoms with van der Waals surface area (Å²) >= 11 is 0. The maximum Gasteiger partial charge on any atom is 0.253 e. The van der Waals surface area contributed by atoms with Crippen molar-refractivity contribution in [2.24, 2.45) is 5.92 Å². The third-order valence-corrected chi connectivity index (χ3v) is 6.74. The highest BCUT2D eigenvalue weighted by Crippen LogP contribution is 2.34. The number of para-hydroxylation sites is 1. The van der Waals surface area contributed by atoms with Crippen molar-refractivity contribution < 1.29 is 14.4 Å². The van der Waals surface area contributed by atoms with Crippen LogP contribution in [0.25, 0.3) is 0 Å². The molecule has 2 aromatic carbocycles. The molecule has 2 saturated heterocycles. The average Bonchev–Trinajstić information content (AvgIpc) is 3.24. The molecule has 0 saturated carbocycles. The second kappa shape index (κ2) is 9.55. The fraction of sp³-hybridized carbons (Fsp3) is 0.423. The first kappa shape index (κ1) is 22.1. The summed E-state index contributed by atoms with van der Waals surface area (Å²) < 4.78 is 0. The lowest BCUT2D eigenvalue weighted by molar-refractivity contribution is -0.137. The molecular weight excluding hydrogens is 402 g/mol. The van der Waals surface area contributed by atoms with E-state index >= 15 is 0 Å². The number of carbonyl (C=O) groups is 3. The third-order valence-electron chi connectivity index (χ3n) is 6.74. The van der Waals surface area contributed by atoms with E-state index in [0.717, 1.165) is 17.7 Å². The van der Waals surface area contributed by atoms with Crippen molar-refractivity contribution >= 4 is 23.4 Å². The molecule has 2 aliphatic rings. The molecular formula is C26H31N3O3. The van der Waals surface area contributed by atoms with Gasteiger partial charge in [-0.2, -0.15) is 0 Å². The minimum atomic E-state index is -0.330. The lowest BCUT2D eigenvalue weighted by atomic mass is 9.96. The van der Waals surface area contributed by atoms with Crippen molar-refractivity contribution in [2.75, 3.05) is 37.6 Å². The molecule has 168 valence electrons. The maximum absolute atomic E-state index is 13.2. The Kier molecular flexibility index (Phi) is 6.58. The molecule has 4 rings (SSSR count). The lowest BCUT2D eigenvalue weighted by Gasteiger charge is -2.36. The highest BCUT2D eigenvalue weighted by Gasteiger charge is 2.39. The zero-order chi connectivity index (χ0) is 22.7. The average molecular weight is 434 g/mol. The lowest BCUT2D eigenvalue weighted by Crippen LogP contribution is -2.52. The topological polar surface area (TPSA) is 60.9 Å². The van der Waals surface area contributed by atoms with Gasteiger partial charge in [-0.05, 0) is 36.1 Å². The normalized spacial score (nSPS) is 19.9. The maximum atomic E-state index is 13.2. The first-order valence-corrected chi connectivity index (χ1v) is 11.5. The second-order valence-electron chi connectivity index (χ2n) is 8.76. The molecule has 2 heterocycles. The van der Waals surface area contributed by atoms with E-state index in [-0.39, 0.29) is 30.1 Å². The summed E-state index contributed by atoms with van der Waals surface area (Å²) in [5, 5.41) is 0. The van der Waals surface area contributed by atoms with E-state index in [9.17, 15) is 14.4 Å². The van der Waals surface area contributed by atoms with Crippen molar-refractivity contribution in [1.82, 2.24) is 9.80 Å². The summed E-state index contributed by atoms with van der Waals surface area (Å²) in [6.45, 7) is 6.77. The molecule has 0 bridgehead atoms. The van der Waals surface area contributed by atoms with Gasteiger partial charge in [0.15, 0.2) is 0 Å². The Morgan fingerprint density at radius 2 is 1.56 bits per heavy atom. The highest BCUT2D eigenvalue weighted by atomic mass is 16.2. The number of anilines is 1. The summed E-state index contributed by atoms with van der Waals surface area (Å²) in [5.74, 6) is 0.0556. The number of rotatable bonds is 5. The zero-order valence-corrected chi connectivity index (χ0v) is 18.9. The summed E-state index contributed by atoms with van der Waals surface area (Å²) in [6, 6.07) is 17.3. The number of nitrogens with zero attached hydrogens (tertiary/aromatic N) is 3. The van der Waals surface area contributed by atoms with E-state index < -0.39 is 0 Å². The quantitative estimate of drug-likeness (QED) is 0.725. The summed E-state index contributed by atoms with van der Waals surface area (Å²) in [5.41, 5.74) is 2.76. The Balaban J connectivity index is 1.38. The molecule has 32 heavy (non-hydrogen) atoms. The standard InChI is InChI=1S/C26H31N3O3/c1-3-19(2)22-11-7-8-12-23(22)29-18-21(17-24(29)30)26(32)28-15-13-27(14-16-28)25(31)20-9-5-4-6-10-20/h4-12,19,21H,3,13-18H2,1-2H3/t19-,21-/m1/s1. The Morgan fingerprint density at radius 3 is 2.25 bits per heavy atom. The molecule has 2 aliphatic heterocycles. The Labute approximate surface area is 189 Å². The Bertz CT molecular complexity index is 983. The predicted molar refractivity (Wildman–Crippen MR) is 125 cm³/mol. The molecule has 2 atom stereocenters. The van der Waals surface area contributed by atoms with E-state index in [4.69, 9.17) is 0 Å². The number of hydrogen-bond acceptors (Lipinski definition) is 3. The van der Waals surface area contributed by atoms with E-state index in [1.54, 1.807) is 9.80 Å². The summed E-state index contributed by atoms with van der Waals surface area (Å²) in [4.78, 5) is 44.1. The molecule has 2 fully saturated rings. The summed E-state index contributed by atoms with van der Waals surface area (Å²) in [7, 11) is 0. The van der Waals surface area contributed by atoms with Crippen LogP contribution in [-0.2, 0) is 9.59 Å². The molecule has 3 amide bonds. The van der Waals surface area contributed by atoms with Crippen molar-refractivity contribution in [3.05, 3.63) is 65.7 Å². The van der Waals surface area contributed by atoms with E-state index in [2.05, 4.69) is 19.9 Å². The first-order chi connectivity index (χ1) is 15.5. The molecule has 6 nitrogen and oxygen atoms in total. The van der Waals surface area contributed by atoms with Crippen LogP contribution in [0.15, 0.2) is 54.6 Å². The van der Waals surface area contributed by atoms with Crippen molar-refractivity contribution in [3.63, 3.8) is 0 Å². The SMILES string of the molecule is CC[C@@H](C)c1ccccc1N1C[C@H](C(=O)N2CCN(C(=O)c3ccccc3)CC2)CC1=O. The smallest absolute Gasteiger partial charge is 0.253 e. The third kappa shape index (κ3) is 4.40. The van der Waals surface area contributed by atoms with Gasteiger partial charge in [-0.3, -0.25) is 14.4 Å². The first-order valence-electron chi connectivity index (χ1n) is 11.5. The van der Waals surface area contributed by atoms with E-state index in [1.165, 1.54) is 0 Å². The van der Waals surface area contributed by atoms with Crippen LogP contribution in [0.2, 0.25) is 0 Å². The highest BCUT2D eigenvalue weighted by molar-refractivity contribution is 6.01. The second-order valence-corrected chi connectivity index (χ2v) is 8.76. The predicted octanol–water partition coefficient (Wildman–Crippen LogP) is 3.54. The minimum absolute atomic E-state index is 0.00145. The van der Waals surface area contributed by atoms with Gasteiger partial charge in [0, 0.05) is 50.4 Å². The summed E-state index contributed by atoms with van der Waals surface area (Å²) in [6.07, 6.45) is 1.24. The number of amides is 3. The molecule has 6 heteroatoms. The molecule has 0 spiro atoms. The van der Waals surface area contributed by atoms with Crippen LogP contribution in [0.5, 0.6) is 0 Å². The van der Waals surface area contributed by atoms with Gasteiger partial charge in [-0.15, -0.1) is 0 Å². The Hall–Kier alpha value is -3.15. The van der Waals surface area contributed by atoms with Gasteiger partial charge in [0.25, 0.3) is 5.91 Å². The van der Waals surface area contributed by atoms with Gasteiger partial charge in [0.2, 0.25) is 11.8 Å². The molecule has 0 unspecified atom stereocenters. The van der Waals surface area contributed by atoms with Crippen LogP contribution in [0.3, 0.4) is 0 Å². The zero-order valence-electron chi connectivity index (χ0n) is 18.9. The number of carbonyl (C=O) groups excluding carboxylic acids is 3. The van der Waals surface area contributed by atoms with Crippen LogP contribution in [0.1, 0.15) is 48.5 Å². The van der Waals surface area contributed by atoms with Gasteiger partial charge in [-0.1, -0.05) is 50.2 Å². The molecule has 2 aromatic rings. The number of benzene rings is 2. The minimum Gasteiger partial charge on any atom is -0.339 e. The number of piperazine rings is 1. The van der Waals surface area contributed by atoms with Gasteiger partial charge in [0.05, 0.1) is 5.92 Å². The van der Waals surface area contributed by atoms with Crippen molar-refractivity contribution in [1.29, 1.82) is 0 Å². The van der Waals surface area contributed by atoms with Crippen molar-refractivity contribution in [3.8, 4) is 0 Å². The monoisotopic (exact) mass is 433 g/mol. The van der Waals surface area contributed by atoms with Gasteiger partial charge in [-0.25, -0.2) is 0 Å². The van der Waals surface area contributed by atoms with E-state index in [1.807, 2.05) is 53.4 Å². The molecule has 0 N–H and O–H groups in total. The largest absolute Gasteiger partial charge is 0.339 e.